The van der Waals surface area contributed by atoms with Crippen LogP contribution in [0.5, 0.6) is 0 Å². The number of carbonyl (C=O) groups excluding carboxylic acids is 2. The van der Waals surface area contributed by atoms with Crippen molar-refractivity contribution in [2.75, 3.05) is 19.6 Å². The molecule has 4 heterocycles. The molecule has 2 N–H and O–H groups in total. The molecular weight excluding hydrogens is 390 g/mol. The molecule has 2 bridgehead atoms. The molecule has 0 spiro atoms. The standard InChI is InChI=1S/C24H31N5O2/c30-22-8-4-7-20-18-13-19(16-28(15-18)14-17-5-2-1-3-6-17)23(29(20)22)24(31)27-10-9-21-25-11-12-26-21/h1-3,5-6,11-12,18-20,23H,4,7-10,13-16H2,(H,25,26)(H,27,31)/t18-,19+,20+,23-/m1/s1. The van der Waals surface area contributed by atoms with Gasteiger partial charge in [0, 0.05) is 63.4 Å². The zero-order chi connectivity index (χ0) is 21.2. The third kappa shape index (κ3) is 4.24. The third-order valence-electron chi connectivity index (χ3n) is 7.15. The summed E-state index contributed by atoms with van der Waals surface area (Å²) in [6.45, 7) is 3.30. The minimum atomic E-state index is -0.357. The molecule has 5 rings (SSSR count). The van der Waals surface area contributed by atoms with Crippen LogP contribution in [-0.4, -0.2) is 63.3 Å². The average Bonchev–Trinajstić information content (AvgIpc) is 3.29. The van der Waals surface area contributed by atoms with Gasteiger partial charge in [-0.2, -0.15) is 0 Å². The fourth-order valence-corrected chi connectivity index (χ4v) is 5.90. The van der Waals surface area contributed by atoms with E-state index in [1.165, 1.54) is 5.56 Å². The van der Waals surface area contributed by atoms with Gasteiger partial charge in [0.25, 0.3) is 0 Å². The van der Waals surface area contributed by atoms with E-state index in [1.807, 2.05) is 11.0 Å². The monoisotopic (exact) mass is 421 g/mol. The number of aromatic amines is 1. The molecule has 164 valence electrons. The lowest BCUT2D eigenvalue weighted by Crippen LogP contribution is -2.68. The van der Waals surface area contributed by atoms with E-state index in [1.54, 1.807) is 12.4 Å². The van der Waals surface area contributed by atoms with Gasteiger partial charge in [0.2, 0.25) is 11.8 Å². The summed E-state index contributed by atoms with van der Waals surface area (Å²) in [5.74, 6) is 1.66. The third-order valence-corrected chi connectivity index (χ3v) is 7.15. The van der Waals surface area contributed by atoms with Gasteiger partial charge in [-0.05, 0) is 30.7 Å². The van der Waals surface area contributed by atoms with Crippen LogP contribution >= 0.6 is 0 Å². The van der Waals surface area contributed by atoms with Crippen molar-refractivity contribution in [2.24, 2.45) is 11.8 Å². The van der Waals surface area contributed by atoms with E-state index in [-0.39, 0.29) is 29.8 Å². The van der Waals surface area contributed by atoms with Crippen LogP contribution in [0.25, 0.3) is 0 Å². The molecule has 7 nitrogen and oxygen atoms in total. The molecule has 1 aromatic carbocycles. The molecule has 2 aromatic rings. The normalized spacial score (nSPS) is 28.3. The Hall–Kier alpha value is -2.67. The number of nitrogens with one attached hydrogen (secondary N) is 2. The molecule has 3 fully saturated rings. The lowest BCUT2D eigenvalue weighted by Gasteiger charge is -2.56. The number of hydrogen-bond donors (Lipinski definition) is 2. The number of benzene rings is 1. The highest BCUT2D eigenvalue weighted by Gasteiger charge is 2.51. The molecule has 3 aliphatic rings. The highest BCUT2D eigenvalue weighted by atomic mass is 16.2. The predicted octanol–water partition coefficient (Wildman–Crippen LogP) is 1.97. The van der Waals surface area contributed by atoms with Crippen molar-refractivity contribution in [1.82, 2.24) is 25.1 Å². The van der Waals surface area contributed by atoms with Gasteiger partial charge in [-0.15, -0.1) is 0 Å². The second kappa shape index (κ2) is 8.83. The van der Waals surface area contributed by atoms with Crippen molar-refractivity contribution in [2.45, 2.75) is 50.7 Å². The number of hydrogen-bond acceptors (Lipinski definition) is 4. The molecule has 7 heteroatoms. The quantitative estimate of drug-likeness (QED) is 0.747. The van der Waals surface area contributed by atoms with Gasteiger partial charge >= 0.3 is 0 Å². The Kier molecular flexibility index (Phi) is 5.76. The summed E-state index contributed by atoms with van der Waals surface area (Å²) in [7, 11) is 0. The maximum Gasteiger partial charge on any atom is 0.243 e. The first kappa shape index (κ1) is 20.2. The minimum Gasteiger partial charge on any atom is -0.354 e. The van der Waals surface area contributed by atoms with Gasteiger partial charge in [-0.3, -0.25) is 14.5 Å². The van der Waals surface area contributed by atoms with E-state index in [2.05, 4.69) is 44.5 Å². The van der Waals surface area contributed by atoms with Gasteiger partial charge in [0.1, 0.15) is 11.9 Å². The maximum atomic E-state index is 13.3. The summed E-state index contributed by atoms with van der Waals surface area (Å²) in [6.07, 6.45) is 7.73. The molecule has 0 aliphatic carbocycles. The van der Waals surface area contributed by atoms with Crippen molar-refractivity contribution in [1.29, 1.82) is 0 Å². The lowest BCUT2D eigenvalue weighted by atomic mass is 9.71. The average molecular weight is 422 g/mol. The molecule has 0 radical (unpaired) electrons. The number of imidazole rings is 1. The van der Waals surface area contributed by atoms with Crippen LogP contribution in [0.2, 0.25) is 0 Å². The van der Waals surface area contributed by atoms with E-state index < -0.39 is 0 Å². The lowest BCUT2D eigenvalue weighted by molar-refractivity contribution is -0.160. The van der Waals surface area contributed by atoms with Gasteiger partial charge < -0.3 is 15.2 Å². The number of piperidine rings is 3. The topological polar surface area (TPSA) is 81.3 Å². The van der Waals surface area contributed by atoms with Gasteiger partial charge in [-0.1, -0.05) is 30.3 Å². The zero-order valence-corrected chi connectivity index (χ0v) is 17.9. The Balaban J connectivity index is 1.32. The highest BCUT2D eigenvalue weighted by molar-refractivity contribution is 5.89. The highest BCUT2D eigenvalue weighted by Crippen LogP contribution is 2.42. The van der Waals surface area contributed by atoms with Gasteiger partial charge in [0.15, 0.2) is 0 Å². The van der Waals surface area contributed by atoms with Crippen LogP contribution in [0.15, 0.2) is 42.7 Å². The van der Waals surface area contributed by atoms with Crippen LogP contribution in [-0.2, 0) is 22.6 Å². The summed E-state index contributed by atoms with van der Waals surface area (Å²) in [5, 5.41) is 3.10. The Morgan fingerprint density at radius 3 is 2.84 bits per heavy atom. The molecule has 1 aromatic heterocycles. The second-order valence-electron chi connectivity index (χ2n) is 9.22. The molecule has 0 saturated carbocycles. The molecule has 4 atom stereocenters. The number of likely N-dealkylation sites (tertiary alicyclic amines) is 1. The van der Waals surface area contributed by atoms with Crippen LogP contribution in [0.3, 0.4) is 0 Å². The SMILES string of the molecule is O=C(NCCc1ncc[nH]1)[C@H]1[C@H]2C[C@H](CN(Cc3ccccc3)C2)[C@@H]2CCCC(=O)N21. The smallest absolute Gasteiger partial charge is 0.243 e. The van der Waals surface area contributed by atoms with Crippen LogP contribution < -0.4 is 5.32 Å². The number of fused-ring (bicyclic) bond motifs is 4. The van der Waals surface area contributed by atoms with Crippen LogP contribution in [0.1, 0.15) is 37.1 Å². The maximum absolute atomic E-state index is 13.3. The van der Waals surface area contributed by atoms with Crippen LogP contribution in [0.4, 0.5) is 0 Å². The first-order valence-electron chi connectivity index (χ1n) is 11.5. The zero-order valence-electron chi connectivity index (χ0n) is 17.9. The number of aromatic nitrogens is 2. The first-order chi connectivity index (χ1) is 15.2. The molecule has 0 unspecified atom stereocenters. The van der Waals surface area contributed by atoms with Crippen molar-refractivity contribution in [3.8, 4) is 0 Å². The molecule has 31 heavy (non-hydrogen) atoms. The minimum absolute atomic E-state index is 0.00295. The largest absolute Gasteiger partial charge is 0.354 e. The summed E-state index contributed by atoms with van der Waals surface area (Å²) < 4.78 is 0. The molecular formula is C24H31N5O2. The Morgan fingerprint density at radius 1 is 1.19 bits per heavy atom. The number of rotatable bonds is 6. The first-order valence-corrected chi connectivity index (χ1v) is 11.5. The Bertz CT molecular complexity index is 900. The molecule has 3 saturated heterocycles. The Labute approximate surface area is 183 Å². The van der Waals surface area contributed by atoms with Crippen molar-refractivity contribution in [3.63, 3.8) is 0 Å². The van der Waals surface area contributed by atoms with Crippen molar-refractivity contribution in [3.05, 3.63) is 54.1 Å². The van der Waals surface area contributed by atoms with E-state index in [0.29, 0.717) is 25.3 Å². The van der Waals surface area contributed by atoms with E-state index >= 15 is 0 Å². The van der Waals surface area contributed by atoms with Crippen molar-refractivity contribution >= 4 is 11.8 Å². The van der Waals surface area contributed by atoms with Crippen LogP contribution in [0, 0.1) is 11.8 Å². The van der Waals surface area contributed by atoms with Gasteiger partial charge in [0.05, 0.1) is 0 Å². The van der Waals surface area contributed by atoms with E-state index in [4.69, 9.17) is 0 Å². The molecule has 3 aliphatic heterocycles. The summed E-state index contributed by atoms with van der Waals surface area (Å²) in [5.41, 5.74) is 1.30. The summed E-state index contributed by atoms with van der Waals surface area (Å²) in [6, 6.07) is 10.4. The predicted molar refractivity (Wildman–Crippen MR) is 117 cm³/mol. The number of amides is 2. The number of nitrogens with zero attached hydrogens (tertiary/aromatic N) is 3. The Morgan fingerprint density at radius 2 is 2.03 bits per heavy atom. The second-order valence-corrected chi connectivity index (χ2v) is 9.22. The number of carbonyl (C=O) groups is 2. The van der Waals surface area contributed by atoms with E-state index in [9.17, 15) is 9.59 Å². The van der Waals surface area contributed by atoms with E-state index in [0.717, 1.165) is 44.7 Å². The summed E-state index contributed by atoms with van der Waals surface area (Å²) >= 11 is 0. The fraction of sp³-hybridized carbons (Fsp3) is 0.542. The summed E-state index contributed by atoms with van der Waals surface area (Å²) in [4.78, 5) is 38.0. The fourth-order valence-electron chi connectivity index (χ4n) is 5.90. The van der Waals surface area contributed by atoms with Crippen molar-refractivity contribution < 1.29 is 9.59 Å². The molecule has 2 amide bonds. The van der Waals surface area contributed by atoms with Gasteiger partial charge in [-0.25, -0.2) is 4.98 Å². The number of H-pyrrole nitrogens is 1.